The quantitative estimate of drug-likeness (QED) is 0.554. The van der Waals surface area contributed by atoms with Crippen LogP contribution in [0.2, 0.25) is 0 Å². The zero-order chi connectivity index (χ0) is 24.5. The van der Waals surface area contributed by atoms with E-state index in [1.54, 1.807) is 13.1 Å². The Hall–Kier alpha value is -3.40. The Kier molecular flexibility index (Phi) is 9.03. The van der Waals surface area contributed by atoms with Crippen molar-refractivity contribution in [3.63, 3.8) is 0 Å². The van der Waals surface area contributed by atoms with Crippen molar-refractivity contribution in [1.29, 1.82) is 10.5 Å². The van der Waals surface area contributed by atoms with Crippen molar-refractivity contribution in [1.82, 2.24) is 14.8 Å². The molecule has 0 atom stereocenters. The van der Waals surface area contributed by atoms with Gasteiger partial charge in [-0.15, -0.1) is 11.3 Å². The standard InChI is InChI=1S/C25H30N6O2S/c1-3-31-24(33)22(34-25(31)21(16-27)23(32)28-11-10-26)17-29-20-6-4-5-19(15-20)9-14-30-12-7-18(2)8-13-30/h4-6,15,17-18,29H,3,7-9,11-14H2,1-2H3,(H,28,32). The van der Waals surface area contributed by atoms with Gasteiger partial charge in [0.05, 0.1) is 6.07 Å². The number of carbonyl (C=O) groups excluding carboxylic acids is 1. The highest BCUT2D eigenvalue weighted by atomic mass is 32.1. The molecule has 2 heterocycles. The molecular weight excluding hydrogens is 448 g/mol. The SMILES string of the molecule is CCn1c(=C(C#N)C(=O)NCC#N)sc(=CNc2cccc(CCN3CCC(C)CC3)c2)c1=O. The van der Waals surface area contributed by atoms with E-state index in [0.29, 0.717) is 11.1 Å². The van der Waals surface area contributed by atoms with Gasteiger partial charge < -0.3 is 15.5 Å². The first-order valence-corrected chi connectivity index (χ1v) is 12.4. The van der Waals surface area contributed by atoms with Crippen LogP contribution in [0.25, 0.3) is 11.8 Å². The van der Waals surface area contributed by atoms with Crippen LogP contribution in [0.15, 0.2) is 29.1 Å². The third-order valence-corrected chi connectivity index (χ3v) is 7.12. The Morgan fingerprint density at radius 3 is 2.74 bits per heavy atom. The predicted molar refractivity (Wildman–Crippen MR) is 134 cm³/mol. The number of anilines is 1. The molecule has 0 saturated carbocycles. The van der Waals surface area contributed by atoms with Crippen molar-refractivity contribution < 1.29 is 4.79 Å². The van der Waals surface area contributed by atoms with Crippen molar-refractivity contribution in [3.8, 4) is 12.1 Å². The number of nitrogens with one attached hydrogen (secondary N) is 2. The van der Waals surface area contributed by atoms with Crippen molar-refractivity contribution in [3.05, 3.63) is 49.4 Å². The molecule has 2 N–H and O–H groups in total. The van der Waals surface area contributed by atoms with Gasteiger partial charge in [-0.05, 0) is 62.9 Å². The molecule has 8 nitrogen and oxygen atoms in total. The summed E-state index contributed by atoms with van der Waals surface area (Å²) < 4.78 is 2.08. The van der Waals surface area contributed by atoms with E-state index >= 15 is 0 Å². The van der Waals surface area contributed by atoms with Crippen LogP contribution in [0, 0.1) is 28.6 Å². The first-order valence-electron chi connectivity index (χ1n) is 11.5. The van der Waals surface area contributed by atoms with Gasteiger partial charge in [-0.25, -0.2) is 0 Å². The fourth-order valence-electron chi connectivity index (χ4n) is 3.93. The molecule has 1 amide bonds. The lowest BCUT2D eigenvalue weighted by Gasteiger charge is -2.30. The maximum absolute atomic E-state index is 12.9. The summed E-state index contributed by atoms with van der Waals surface area (Å²) in [5, 5.41) is 23.7. The Bertz CT molecular complexity index is 1270. The topological polar surface area (TPSA) is 114 Å². The van der Waals surface area contributed by atoms with E-state index in [2.05, 4.69) is 34.6 Å². The molecule has 178 valence electrons. The molecule has 0 radical (unpaired) electrons. The lowest BCUT2D eigenvalue weighted by molar-refractivity contribution is -0.115. The second-order valence-corrected chi connectivity index (χ2v) is 9.44. The van der Waals surface area contributed by atoms with E-state index in [1.807, 2.05) is 24.3 Å². The second-order valence-electron chi connectivity index (χ2n) is 8.41. The molecular formula is C25H30N6O2S. The van der Waals surface area contributed by atoms with Gasteiger partial charge in [-0.1, -0.05) is 19.1 Å². The van der Waals surface area contributed by atoms with Crippen molar-refractivity contribution in [2.75, 3.05) is 31.5 Å². The van der Waals surface area contributed by atoms with Gasteiger partial charge >= 0.3 is 0 Å². The molecule has 0 aliphatic carbocycles. The minimum absolute atomic E-state index is 0.173. The Labute approximate surface area is 203 Å². The van der Waals surface area contributed by atoms with Crippen molar-refractivity contribution >= 4 is 34.7 Å². The number of piperidine rings is 1. The number of amides is 1. The third kappa shape index (κ3) is 6.34. The van der Waals surface area contributed by atoms with Crippen LogP contribution >= 0.6 is 11.3 Å². The lowest BCUT2D eigenvalue weighted by Crippen LogP contribution is -2.34. The van der Waals surface area contributed by atoms with Crippen molar-refractivity contribution in [2.24, 2.45) is 5.92 Å². The molecule has 0 bridgehead atoms. The summed E-state index contributed by atoms with van der Waals surface area (Å²) in [5.74, 6) is 0.158. The summed E-state index contributed by atoms with van der Waals surface area (Å²) >= 11 is 1.08. The van der Waals surface area contributed by atoms with Gasteiger partial charge in [0, 0.05) is 25.0 Å². The van der Waals surface area contributed by atoms with Crippen LogP contribution in [0.1, 0.15) is 32.3 Å². The summed E-state index contributed by atoms with van der Waals surface area (Å²) in [6, 6.07) is 11.8. The van der Waals surface area contributed by atoms with Gasteiger partial charge in [0.1, 0.15) is 21.8 Å². The Morgan fingerprint density at radius 2 is 2.06 bits per heavy atom. The molecule has 3 rings (SSSR count). The molecule has 0 spiro atoms. The second kappa shape index (κ2) is 12.2. The van der Waals surface area contributed by atoms with E-state index in [1.165, 1.54) is 23.0 Å². The molecule has 9 heteroatoms. The van der Waals surface area contributed by atoms with E-state index < -0.39 is 5.91 Å². The smallest absolute Gasteiger partial charge is 0.270 e. The number of nitrogens with zero attached hydrogens (tertiary/aromatic N) is 4. The Balaban J connectivity index is 1.79. The highest BCUT2D eigenvalue weighted by Crippen LogP contribution is 2.17. The monoisotopic (exact) mass is 478 g/mol. The highest BCUT2D eigenvalue weighted by Gasteiger charge is 2.16. The summed E-state index contributed by atoms with van der Waals surface area (Å²) in [7, 11) is 0. The molecule has 1 fully saturated rings. The molecule has 0 unspecified atom stereocenters. The highest BCUT2D eigenvalue weighted by molar-refractivity contribution is 7.07. The zero-order valence-electron chi connectivity index (χ0n) is 19.6. The Morgan fingerprint density at radius 1 is 1.29 bits per heavy atom. The number of benzene rings is 1. The molecule has 1 aliphatic heterocycles. The first-order chi connectivity index (χ1) is 16.5. The lowest BCUT2D eigenvalue weighted by atomic mass is 9.99. The number of hydrogen-bond donors (Lipinski definition) is 2. The summed E-state index contributed by atoms with van der Waals surface area (Å²) in [4.78, 5) is 27.6. The molecule has 1 aromatic heterocycles. The van der Waals surface area contributed by atoms with Crippen LogP contribution in [0.5, 0.6) is 0 Å². The maximum Gasteiger partial charge on any atom is 0.270 e. The summed E-state index contributed by atoms with van der Waals surface area (Å²) in [6.45, 7) is 7.57. The van der Waals surface area contributed by atoms with Crippen LogP contribution in [0.3, 0.4) is 0 Å². The molecule has 1 aliphatic rings. The fraction of sp³-hybridized carbons (Fsp3) is 0.440. The largest absolute Gasteiger partial charge is 0.360 e. The van der Waals surface area contributed by atoms with Crippen molar-refractivity contribution in [2.45, 2.75) is 39.7 Å². The number of thiazole rings is 1. The first kappa shape index (κ1) is 25.2. The van der Waals surface area contributed by atoms with E-state index in [9.17, 15) is 14.9 Å². The maximum atomic E-state index is 12.9. The molecule has 1 aromatic carbocycles. The zero-order valence-corrected chi connectivity index (χ0v) is 20.5. The van der Waals surface area contributed by atoms with E-state index in [-0.39, 0.29) is 22.3 Å². The predicted octanol–water partition coefficient (Wildman–Crippen LogP) is 1.37. The number of rotatable bonds is 8. The van der Waals surface area contributed by atoms with Crippen LogP contribution < -0.4 is 25.4 Å². The van der Waals surface area contributed by atoms with Gasteiger partial charge in [0.25, 0.3) is 11.5 Å². The third-order valence-electron chi connectivity index (χ3n) is 5.99. The number of hydrogen-bond acceptors (Lipinski definition) is 7. The van der Waals surface area contributed by atoms with Crippen LogP contribution in [-0.2, 0) is 17.8 Å². The number of aromatic nitrogens is 1. The van der Waals surface area contributed by atoms with Crippen LogP contribution in [0.4, 0.5) is 5.69 Å². The number of carbonyl (C=O) groups is 1. The summed E-state index contributed by atoms with van der Waals surface area (Å²) in [6.07, 6.45) is 5.11. The van der Waals surface area contributed by atoms with Gasteiger partial charge in [0.2, 0.25) is 0 Å². The molecule has 34 heavy (non-hydrogen) atoms. The van der Waals surface area contributed by atoms with Gasteiger partial charge in [-0.2, -0.15) is 10.5 Å². The molecule has 2 aromatic rings. The minimum atomic E-state index is -0.664. The number of likely N-dealkylation sites (tertiary alicyclic amines) is 1. The fourth-order valence-corrected chi connectivity index (χ4v) is 5.02. The number of nitriles is 2. The van der Waals surface area contributed by atoms with E-state index in [4.69, 9.17) is 5.26 Å². The van der Waals surface area contributed by atoms with E-state index in [0.717, 1.165) is 49.0 Å². The normalized spacial score (nSPS) is 15.9. The summed E-state index contributed by atoms with van der Waals surface area (Å²) in [5.41, 5.74) is 1.65. The van der Waals surface area contributed by atoms with Gasteiger partial charge in [0.15, 0.2) is 5.57 Å². The van der Waals surface area contributed by atoms with Gasteiger partial charge in [-0.3, -0.25) is 14.2 Å². The molecule has 1 saturated heterocycles. The minimum Gasteiger partial charge on any atom is -0.360 e. The average molecular weight is 479 g/mol. The van der Waals surface area contributed by atoms with Crippen LogP contribution in [-0.4, -0.2) is 41.6 Å². The average Bonchev–Trinajstić information content (AvgIpc) is 3.16.